The zero-order valence-electron chi connectivity index (χ0n) is 9.39. The molecule has 2 rings (SSSR count). The first-order valence-corrected chi connectivity index (χ1v) is 7.30. The standard InChI is InChI=1S/C10H17N3O2S/c1-9-6-12-13(7-9)4-3-11-10-2-5-16(14,15)8-10/h6-7,10-11H,2-5,8H2,1H3. The summed E-state index contributed by atoms with van der Waals surface area (Å²) in [6, 6.07) is 0.127. The van der Waals surface area contributed by atoms with E-state index in [9.17, 15) is 8.42 Å². The first-order valence-electron chi connectivity index (χ1n) is 5.48. The summed E-state index contributed by atoms with van der Waals surface area (Å²) in [7, 11) is -2.77. The van der Waals surface area contributed by atoms with Crippen molar-refractivity contribution in [2.45, 2.75) is 25.9 Å². The molecule has 90 valence electrons. The largest absolute Gasteiger partial charge is 0.311 e. The van der Waals surface area contributed by atoms with Gasteiger partial charge < -0.3 is 5.32 Å². The topological polar surface area (TPSA) is 64.0 Å². The van der Waals surface area contributed by atoms with E-state index in [4.69, 9.17) is 0 Å². The zero-order chi connectivity index (χ0) is 11.6. The molecule has 1 aliphatic heterocycles. The van der Waals surface area contributed by atoms with E-state index in [1.54, 1.807) is 0 Å². The van der Waals surface area contributed by atoms with Gasteiger partial charge in [-0.15, -0.1) is 0 Å². The Bertz CT molecular complexity index is 452. The monoisotopic (exact) mass is 243 g/mol. The van der Waals surface area contributed by atoms with Gasteiger partial charge in [-0.25, -0.2) is 8.42 Å². The Balaban J connectivity index is 1.73. The van der Waals surface area contributed by atoms with Crippen LogP contribution in [0.1, 0.15) is 12.0 Å². The van der Waals surface area contributed by atoms with Crippen molar-refractivity contribution in [2.24, 2.45) is 0 Å². The molecule has 0 saturated carbocycles. The molecule has 1 N–H and O–H groups in total. The second-order valence-electron chi connectivity index (χ2n) is 4.33. The van der Waals surface area contributed by atoms with Gasteiger partial charge in [-0.3, -0.25) is 4.68 Å². The molecule has 0 radical (unpaired) electrons. The highest BCUT2D eigenvalue weighted by molar-refractivity contribution is 7.91. The number of hydrogen-bond acceptors (Lipinski definition) is 4. The average molecular weight is 243 g/mol. The number of rotatable bonds is 4. The van der Waals surface area contributed by atoms with E-state index in [-0.39, 0.29) is 11.8 Å². The van der Waals surface area contributed by atoms with Crippen LogP contribution >= 0.6 is 0 Å². The van der Waals surface area contributed by atoms with Crippen LogP contribution in [0.25, 0.3) is 0 Å². The molecule has 1 aromatic heterocycles. The SMILES string of the molecule is Cc1cnn(CCNC2CCS(=O)(=O)C2)c1. The van der Waals surface area contributed by atoms with Crippen molar-refractivity contribution in [1.29, 1.82) is 0 Å². The molecule has 1 unspecified atom stereocenters. The predicted octanol–water partition coefficient (Wildman–Crippen LogP) is -0.0318. The summed E-state index contributed by atoms with van der Waals surface area (Å²) in [5, 5.41) is 7.42. The third kappa shape index (κ3) is 3.05. The molecule has 1 fully saturated rings. The van der Waals surface area contributed by atoms with E-state index in [2.05, 4.69) is 10.4 Å². The molecule has 0 spiro atoms. The molecule has 2 heterocycles. The summed E-state index contributed by atoms with van der Waals surface area (Å²) in [4.78, 5) is 0. The van der Waals surface area contributed by atoms with Gasteiger partial charge in [-0.05, 0) is 18.9 Å². The van der Waals surface area contributed by atoms with Crippen molar-refractivity contribution in [3.63, 3.8) is 0 Å². The lowest BCUT2D eigenvalue weighted by atomic mass is 10.3. The first-order chi connectivity index (χ1) is 7.55. The van der Waals surface area contributed by atoms with E-state index in [0.717, 1.165) is 25.1 Å². The van der Waals surface area contributed by atoms with Crippen LogP contribution < -0.4 is 5.32 Å². The van der Waals surface area contributed by atoms with Crippen LogP contribution in [-0.4, -0.2) is 42.3 Å². The van der Waals surface area contributed by atoms with Crippen LogP contribution in [0, 0.1) is 6.92 Å². The van der Waals surface area contributed by atoms with E-state index in [1.807, 2.05) is 24.0 Å². The lowest BCUT2D eigenvalue weighted by molar-refractivity contribution is 0.499. The van der Waals surface area contributed by atoms with Crippen molar-refractivity contribution in [2.75, 3.05) is 18.1 Å². The van der Waals surface area contributed by atoms with Crippen molar-refractivity contribution in [3.8, 4) is 0 Å². The highest BCUT2D eigenvalue weighted by Crippen LogP contribution is 2.10. The first kappa shape index (κ1) is 11.6. The molecule has 6 heteroatoms. The Morgan fingerprint density at radius 1 is 1.62 bits per heavy atom. The molecule has 1 saturated heterocycles. The summed E-state index contributed by atoms with van der Waals surface area (Å²) in [6.07, 6.45) is 4.54. The van der Waals surface area contributed by atoms with Gasteiger partial charge in [0, 0.05) is 18.8 Å². The zero-order valence-corrected chi connectivity index (χ0v) is 10.2. The second kappa shape index (κ2) is 4.55. The molecule has 0 aromatic carbocycles. The summed E-state index contributed by atoms with van der Waals surface area (Å²) in [5.74, 6) is 0.608. The fourth-order valence-corrected chi connectivity index (χ4v) is 3.64. The lowest BCUT2D eigenvalue weighted by Gasteiger charge is -2.10. The highest BCUT2D eigenvalue weighted by atomic mass is 32.2. The van der Waals surface area contributed by atoms with Crippen LogP contribution in [-0.2, 0) is 16.4 Å². The van der Waals surface area contributed by atoms with Gasteiger partial charge >= 0.3 is 0 Å². The van der Waals surface area contributed by atoms with Crippen LogP contribution in [0.4, 0.5) is 0 Å². The maximum Gasteiger partial charge on any atom is 0.151 e. The van der Waals surface area contributed by atoms with Gasteiger partial charge in [0.1, 0.15) is 0 Å². The van der Waals surface area contributed by atoms with Crippen LogP contribution in [0.3, 0.4) is 0 Å². The number of nitrogens with zero attached hydrogens (tertiary/aromatic N) is 2. The van der Waals surface area contributed by atoms with Crippen molar-refractivity contribution in [1.82, 2.24) is 15.1 Å². The Kier molecular flexibility index (Phi) is 3.30. The lowest BCUT2D eigenvalue weighted by Crippen LogP contribution is -2.32. The van der Waals surface area contributed by atoms with Gasteiger partial charge in [-0.2, -0.15) is 5.10 Å². The molecular formula is C10H17N3O2S. The van der Waals surface area contributed by atoms with Crippen molar-refractivity contribution in [3.05, 3.63) is 18.0 Å². The van der Waals surface area contributed by atoms with E-state index in [0.29, 0.717) is 5.75 Å². The fourth-order valence-electron chi connectivity index (χ4n) is 1.93. The van der Waals surface area contributed by atoms with Gasteiger partial charge in [-0.1, -0.05) is 0 Å². The number of nitrogens with one attached hydrogen (secondary N) is 1. The van der Waals surface area contributed by atoms with Gasteiger partial charge in [0.15, 0.2) is 9.84 Å². The number of aryl methyl sites for hydroxylation is 1. The normalized spacial score (nSPS) is 23.7. The molecule has 16 heavy (non-hydrogen) atoms. The molecule has 1 aliphatic rings. The molecule has 1 aromatic rings. The van der Waals surface area contributed by atoms with Crippen LogP contribution in [0.15, 0.2) is 12.4 Å². The minimum atomic E-state index is -2.77. The summed E-state index contributed by atoms with van der Waals surface area (Å²) in [6.45, 7) is 3.55. The molecule has 0 aliphatic carbocycles. The Morgan fingerprint density at radius 2 is 2.44 bits per heavy atom. The van der Waals surface area contributed by atoms with E-state index < -0.39 is 9.84 Å². The van der Waals surface area contributed by atoms with Gasteiger partial charge in [0.05, 0.1) is 24.2 Å². The summed E-state index contributed by atoms with van der Waals surface area (Å²) >= 11 is 0. The smallest absolute Gasteiger partial charge is 0.151 e. The number of hydrogen-bond donors (Lipinski definition) is 1. The summed E-state index contributed by atoms with van der Waals surface area (Å²) in [5.41, 5.74) is 1.14. The second-order valence-corrected chi connectivity index (χ2v) is 6.56. The van der Waals surface area contributed by atoms with Gasteiger partial charge in [0.25, 0.3) is 0 Å². The minimum absolute atomic E-state index is 0.127. The third-order valence-corrected chi connectivity index (χ3v) is 4.54. The Labute approximate surface area is 95.8 Å². The molecular weight excluding hydrogens is 226 g/mol. The molecule has 5 nitrogen and oxygen atoms in total. The predicted molar refractivity (Wildman–Crippen MR) is 62.0 cm³/mol. The number of sulfone groups is 1. The minimum Gasteiger partial charge on any atom is -0.311 e. The molecule has 1 atom stereocenters. The maximum absolute atomic E-state index is 11.2. The van der Waals surface area contributed by atoms with Crippen molar-refractivity contribution < 1.29 is 8.42 Å². The molecule has 0 bridgehead atoms. The third-order valence-electron chi connectivity index (χ3n) is 2.77. The Hall–Kier alpha value is -0.880. The van der Waals surface area contributed by atoms with Crippen LogP contribution in [0.2, 0.25) is 0 Å². The van der Waals surface area contributed by atoms with E-state index >= 15 is 0 Å². The van der Waals surface area contributed by atoms with E-state index in [1.165, 1.54) is 0 Å². The number of aromatic nitrogens is 2. The average Bonchev–Trinajstić information content (AvgIpc) is 2.73. The maximum atomic E-state index is 11.2. The fraction of sp³-hybridized carbons (Fsp3) is 0.700. The summed E-state index contributed by atoms with van der Waals surface area (Å²) < 4.78 is 24.3. The van der Waals surface area contributed by atoms with Crippen LogP contribution in [0.5, 0.6) is 0 Å². The van der Waals surface area contributed by atoms with Gasteiger partial charge in [0.2, 0.25) is 0 Å². The van der Waals surface area contributed by atoms with Crippen molar-refractivity contribution >= 4 is 9.84 Å². The Morgan fingerprint density at radius 3 is 3.00 bits per heavy atom. The molecule has 0 amide bonds. The quantitative estimate of drug-likeness (QED) is 0.806. The highest BCUT2D eigenvalue weighted by Gasteiger charge is 2.26.